The summed E-state index contributed by atoms with van der Waals surface area (Å²) in [5.41, 5.74) is 1.01. The minimum absolute atomic E-state index is 0.0854. The third-order valence-electron chi connectivity index (χ3n) is 2.05. The lowest BCUT2D eigenvalue weighted by atomic mass is 10.1. The Morgan fingerprint density at radius 1 is 1.31 bits per heavy atom. The van der Waals surface area contributed by atoms with Crippen molar-refractivity contribution in [3.8, 4) is 0 Å². The summed E-state index contributed by atoms with van der Waals surface area (Å²) in [5, 5.41) is 0.109. The molecule has 0 amide bonds. The van der Waals surface area contributed by atoms with Gasteiger partial charge in [-0.1, -0.05) is 32.9 Å². The van der Waals surface area contributed by atoms with Crippen molar-refractivity contribution in [2.75, 3.05) is 0 Å². The van der Waals surface area contributed by atoms with E-state index in [2.05, 4.69) is 20.8 Å². The fourth-order valence-electron chi connectivity index (χ4n) is 1.44. The van der Waals surface area contributed by atoms with E-state index in [0.29, 0.717) is 6.42 Å². The molecule has 1 nitrogen and oxygen atoms in total. The van der Waals surface area contributed by atoms with Gasteiger partial charge in [0.1, 0.15) is 12.1 Å². The van der Waals surface area contributed by atoms with Crippen LogP contribution in [0, 0.1) is 5.82 Å². The van der Waals surface area contributed by atoms with Crippen LogP contribution in [0.4, 0.5) is 4.39 Å². The molecule has 3 heteroatoms. The molecular formula is C13H17FOS. The van der Waals surface area contributed by atoms with Crippen molar-refractivity contribution in [2.24, 2.45) is 0 Å². The molecule has 0 bridgehead atoms. The van der Waals surface area contributed by atoms with E-state index >= 15 is 0 Å². The Hall–Kier alpha value is -0.830. The number of hydrogen-bond donors (Lipinski definition) is 0. The second-order valence-electron chi connectivity index (χ2n) is 4.67. The zero-order chi connectivity index (χ0) is 12.2. The molecule has 0 N–H and O–H groups in total. The molecule has 0 aliphatic rings. The fraction of sp³-hybridized carbons (Fsp3) is 0.462. The average Bonchev–Trinajstić information content (AvgIpc) is 2.16. The van der Waals surface area contributed by atoms with E-state index < -0.39 is 0 Å². The predicted molar refractivity (Wildman–Crippen MR) is 67.2 cm³/mol. The van der Waals surface area contributed by atoms with Crippen molar-refractivity contribution in [2.45, 2.75) is 37.2 Å². The van der Waals surface area contributed by atoms with Crippen LogP contribution in [0.3, 0.4) is 0 Å². The molecule has 1 atom stereocenters. The van der Waals surface area contributed by atoms with Crippen LogP contribution in [-0.4, -0.2) is 11.0 Å². The number of rotatable bonds is 4. The normalized spacial score (nSPS) is 13.5. The number of carbonyl (C=O) groups is 1. The van der Waals surface area contributed by atoms with Gasteiger partial charge in [-0.15, -0.1) is 11.8 Å². The Bertz CT molecular complexity index is 340. The Morgan fingerprint density at radius 2 is 1.88 bits per heavy atom. The van der Waals surface area contributed by atoms with E-state index in [4.69, 9.17) is 0 Å². The van der Waals surface area contributed by atoms with Gasteiger partial charge < -0.3 is 4.79 Å². The van der Waals surface area contributed by atoms with Crippen LogP contribution in [0.15, 0.2) is 24.3 Å². The van der Waals surface area contributed by atoms with Gasteiger partial charge in [0.05, 0.1) is 0 Å². The first-order chi connectivity index (χ1) is 7.42. The van der Waals surface area contributed by atoms with Crippen molar-refractivity contribution >= 4 is 18.0 Å². The molecule has 0 aromatic heterocycles. The van der Waals surface area contributed by atoms with Gasteiger partial charge in [-0.2, -0.15) is 0 Å². The maximum atomic E-state index is 12.8. The summed E-state index contributed by atoms with van der Waals surface area (Å²) in [7, 11) is 0. The molecule has 1 aromatic rings. The molecule has 88 valence electrons. The quantitative estimate of drug-likeness (QED) is 0.740. The van der Waals surface area contributed by atoms with Gasteiger partial charge in [0.2, 0.25) is 0 Å². The van der Waals surface area contributed by atoms with Crippen molar-refractivity contribution < 1.29 is 9.18 Å². The second-order valence-corrected chi connectivity index (χ2v) is 6.70. The maximum absolute atomic E-state index is 12.8. The summed E-state index contributed by atoms with van der Waals surface area (Å²) in [6, 6.07) is 6.39. The third kappa shape index (κ3) is 4.35. The topological polar surface area (TPSA) is 17.1 Å². The molecule has 0 unspecified atom stereocenters. The summed E-state index contributed by atoms with van der Waals surface area (Å²) in [6.07, 6.45) is 1.39. The lowest BCUT2D eigenvalue weighted by Gasteiger charge is -2.24. The van der Waals surface area contributed by atoms with Gasteiger partial charge in [-0.25, -0.2) is 4.39 Å². The number of benzene rings is 1. The molecular weight excluding hydrogens is 223 g/mol. The van der Waals surface area contributed by atoms with Crippen molar-refractivity contribution in [1.82, 2.24) is 0 Å². The molecule has 0 aliphatic heterocycles. The summed E-state index contributed by atoms with van der Waals surface area (Å²) in [6.45, 7) is 6.33. The van der Waals surface area contributed by atoms with Crippen molar-refractivity contribution in [3.63, 3.8) is 0 Å². The highest BCUT2D eigenvalue weighted by Crippen LogP contribution is 2.39. The van der Waals surface area contributed by atoms with E-state index in [1.54, 1.807) is 23.9 Å². The van der Waals surface area contributed by atoms with Gasteiger partial charge in [-0.3, -0.25) is 0 Å². The first-order valence-electron chi connectivity index (χ1n) is 5.29. The van der Waals surface area contributed by atoms with E-state index in [1.165, 1.54) is 12.1 Å². The molecule has 0 saturated heterocycles. The SMILES string of the molecule is CC(C)(C)S[C@@H](CC=O)c1ccc(F)cc1. The first-order valence-corrected chi connectivity index (χ1v) is 6.17. The molecule has 0 fully saturated rings. The van der Waals surface area contributed by atoms with Crippen molar-refractivity contribution in [1.29, 1.82) is 0 Å². The molecule has 0 spiro atoms. The van der Waals surface area contributed by atoms with Crippen LogP contribution in [0.5, 0.6) is 0 Å². The van der Waals surface area contributed by atoms with E-state index in [0.717, 1.165) is 11.8 Å². The van der Waals surface area contributed by atoms with Crippen LogP contribution in [0.1, 0.15) is 38.0 Å². The monoisotopic (exact) mass is 240 g/mol. The Morgan fingerprint density at radius 3 is 2.31 bits per heavy atom. The smallest absolute Gasteiger partial charge is 0.123 e. The summed E-state index contributed by atoms with van der Waals surface area (Å²) in [5.74, 6) is -0.241. The molecule has 16 heavy (non-hydrogen) atoms. The molecule has 0 heterocycles. The minimum Gasteiger partial charge on any atom is -0.303 e. The standard InChI is InChI=1S/C13H17FOS/c1-13(2,3)16-12(8-9-15)10-4-6-11(14)7-5-10/h4-7,9,12H,8H2,1-3H3/t12-/m0/s1. The molecule has 0 radical (unpaired) electrons. The molecule has 1 aromatic carbocycles. The van der Waals surface area contributed by atoms with Crippen LogP contribution in [-0.2, 0) is 4.79 Å². The number of aldehydes is 1. The summed E-state index contributed by atoms with van der Waals surface area (Å²) < 4.78 is 12.9. The van der Waals surface area contributed by atoms with Gasteiger partial charge in [0, 0.05) is 16.4 Å². The number of halogens is 1. The van der Waals surface area contributed by atoms with Crippen LogP contribution < -0.4 is 0 Å². The van der Waals surface area contributed by atoms with Gasteiger partial charge >= 0.3 is 0 Å². The largest absolute Gasteiger partial charge is 0.303 e. The second kappa shape index (κ2) is 5.48. The highest BCUT2D eigenvalue weighted by molar-refractivity contribution is 8.00. The highest BCUT2D eigenvalue weighted by atomic mass is 32.2. The minimum atomic E-state index is -0.241. The van der Waals surface area contributed by atoms with Gasteiger partial charge in [0.15, 0.2) is 0 Å². The van der Waals surface area contributed by atoms with E-state index in [1.807, 2.05) is 0 Å². The first kappa shape index (κ1) is 13.2. The average molecular weight is 240 g/mol. The van der Waals surface area contributed by atoms with Gasteiger partial charge in [-0.05, 0) is 17.7 Å². The fourth-order valence-corrected chi connectivity index (χ4v) is 2.77. The Labute approximate surface area is 100 Å². The lowest BCUT2D eigenvalue weighted by Crippen LogP contribution is -2.11. The maximum Gasteiger partial charge on any atom is 0.123 e. The molecule has 1 rings (SSSR count). The van der Waals surface area contributed by atoms with Crippen molar-refractivity contribution in [3.05, 3.63) is 35.6 Å². The summed E-state index contributed by atoms with van der Waals surface area (Å²) in [4.78, 5) is 10.7. The van der Waals surface area contributed by atoms with Crippen LogP contribution >= 0.6 is 11.8 Å². The van der Waals surface area contributed by atoms with Gasteiger partial charge in [0.25, 0.3) is 0 Å². The Kier molecular flexibility index (Phi) is 4.54. The molecule has 0 aliphatic carbocycles. The zero-order valence-corrected chi connectivity index (χ0v) is 10.7. The van der Waals surface area contributed by atoms with Crippen LogP contribution in [0.2, 0.25) is 0 Å². The van der Waals surface area contributed by atoms with Crippen LogP contribution in [0.25, 0.3) is 0 Å². The molecule has 0 saturated carbocycles. The number of hydrogen-bond acceptors (Lipinski definition) is 2. The lowest BCUT2D eigenvalue weighted by molar-refractivity contribution is -0.107. The van der Waals surface area contributed by atoms with E-state index in [-0.39, 0.29) is 15.8 Å². The Balaban J connectivity index is 2.84. The number of thioether (sulfide) groups is 1. The zero-order valence-electron chi connectivity index (χ0n) is 9.87. The number of carbonyl (C=O) groups excluding carboxylic acids is 1. The highest BCUT2D eigenvalue weighted by Gasteiger charge is 2.20. The summed E-state index contributed by atoms with van der Waals surface area (Å²) >= 11 is 1.73. The third-order valence-corrected chi connectivity index (χ3v) is 3.50. The predicted octanol–water partition coefficient (Wildman–Crippen LogP) is 3.99. The van der Waals surface area contributed by atoms with E-state index in [9.17, 15) is 9.18 Å².